The van der Waals surface area contributed by atoms with Crippen LogP contribution in [0.15, 0.2) is 23.8 Å². The van der Waals surface area contributed by atoms with Gasteiger partial charge in [0, 0.05) is 17.5 Å². The molecule has 4 aliphatic carbocycles. The standard InChI is InChI=1S/C31H53N3S2/c1-21(2)8-7-9-22(3)25-10-11-26-30(25,5)17-14-27-29(4)16-13-24(36-35-19-18-34-28(32)33)20-23(29)12-15-31(26,27)6/h10-12,21-22,24-27H,7-9,13-20H2,1-6H3,(H4,32,33,34)/t22?,24?,25?,26?,27?,29?,30?,31-/m1/s1. The minimum Gasteiger partial charge on any atom is -0.370 e. The van der Waals surface area contributed by atoms with Gasteiger partial charge in [-0.25, -0.2) is 0 Å². The highest BCUT2D eigenvalue weighted by atomic mass is 33.1. The number of hydrogen-bond acceptors (Lipinski definition) is 3. The summed E-state index contributed by atoms with van der Waals surface area (Å²) >= 11 is 0. The van der Waals surface area contributed by atoms with E-state index in [0.717, 1.165) is 47.1 Å². The van der Waals surface area contributed by atoms with Crippen LogP contribution in [0.5, 0.6) is 0 Å². The van der Waals surface area contributed by atoms with Crippen LogP contribution in [-0.2, 0) is 0 Å². The van der Waals surface area contributed by atoms with Gasteiger partial charge in [0.1, 0.15) is 0 Å². The van der Waals surface area contributed by atoms with E-state index in [4.69, 9.17) is 11.1 Å². The Labute approximate surface area is 230 Å². The van der Waals surface area contributed by atoms with E-state index in [1.807, 2.05) is 10.8 Å². The molecule has 2 saturated carbocycles. The Morgan fingerprint density at radius 3 is 2.61 bits per heavy atom. The molecule has 0 aliphatic heterocycles. The van der Waals surface area contributed by atoms with E-state index in [2.05, 4.69) is 75.9 Å². The predicted molar refractivity (Wildman–Crippen MR) is 161 cm³/mol. The Morgan fingerprint density at radius 2 is 1.89 bits per heavy atom. The predicted octanol–water partition coefficient (Wildman–Crippen LogP) is 8.43. The van der Waals surface area contributed by atoms with Crippen LogP contribution in [-0.4, -0.2) is 23.5 Å². The maximum Gasteiger partial charge on any atom is 0.185 e. The second kappa shape index (κ2) is 11.3. The van der Waals surface area contributed by atoms with Gasteiger partial charge in [0.15, 0.2) is 5.96 Å². The molecular weight excluding hydrogens is 478 g/mol. The van der Waals surface area contributed by atoms with Crippen molar-refractivity contribution in [1.82, 2.24) is 5.32 Å². The molecule has 0 bridgehead atoms. The lowest BCUT2D eigenvalue weighted by atomic mass is 9.41. The van der Waals surface area contributed by atoms with Crippen LogP contribution in [0.1, 0.15) is 99.3 Å². The maximum absolute atomic E-state index is 7.31. The molecule has 4 N–H and O–H groups in total. The normalized spacial score (nSPS) is 40.2. The molecule has 8 atom stereocenters. The van der Waals surface area contributed by atoms with E-state index >= 15 is 0 Å². The zero-order chi connectivity index (χ0) is 26.1. The summed E-state index contributed by atoms with van der Waals surface area (Å²) < 4.78 is 0. The first-order valence-corrected chi connectivity index (χ1v) is 17.1. The molecule has 36 heavy (non-hydrogen) atoms. The Balaban J connectivity index is 1.41. The molecule has 0 spiro atoms. The van der Waals surface area contributed by atoms with Gasteiger partial charge < -0.3 is 11.1 Å². The molecule has 0 aromatic rings. The minimum atomic E-state index is 0.0806. The summed E-state index contributed by atoms with van der Waals surface area (Å²) in [5.41, 5.74) is 8.42. The first-order chi connectivity index (χ1) is 17.0. The molecular formula is C31H53N3S2. The summed E-state index contributed by atoms with van der Waals surface area (Å²) in [6.45, 7) is 16.0. The highest BCUT2D eigenvalue weighted by Crippen LogP contribution is 2.70. The highest BCUT2D eigenvalue weighted by molar-refractivity contribution is 8.76. The smallest absolute Gasteiger partial charge is 0.185 e. The Morgan fingerprint density at radius 1 is 1.11 bits per heavy atom. The van der Waals surface area contributed by atoms with Crippen LogP contribution in [0.3, 0.4) is 0 Å². The number of fused-ring (bicyclic) bond motifs is 5. The Hall–Kier alpha value is -0.550. The second-order valence-corrected chi connectivity index (χ2v) is 16.6. The molecule has 7 unspecified atom stereocenters. The number of rotatable bonds is 10. The van der Waals surface area contributed by atoms with Gasteiger partial charge in [0.2, 0.25) is 0 Å². The fraction of sp³-hybridized carbons (Fsp3) is 0.839. The molecule has 0 saturated heterocycles. The van der Waals surface area contributed by atoms with Crippen LogP contribution in [0, 0.1) is 51.2 Å². The lowest BCUT2D eigenvalue weighted by Gasteiger charge is -2.63. The van der Waals surface area contributed by atoms with E-state index in [-0.39, 0.29) is 5.96 Å². The van der Waals surface area contributed by atoms with Gasteiger partial charge in [0.05, 0.1) is 0 Å². The first kappa shape index (κ1) is 28.5. The number of nitrogens with one attached hydrogen (secondary N) is 2. The monoisotopic (exact) mass is 531 g/mol. The lowest BCUT2D eigenvalue weighted by molar-refractivity contribution is -0.0989. The van der Waals surface area contributed by atoms with Crippen LogP contribution < -0.4 is 11.1 Å². The number of nitrogens with two attached hydrogens (primary N) is 1. The molecule has 0 amide bonds. The fourth-order valence-corrected chi connectivity index (χ4v) is 11.6. The second-order valence-electron chi connectivity index (χ2n) is 13.8. The summed E-state index contributed by atoms with van der Waals surface area (Å²) in [7, 11) is 4.02. The van der Waals surface area contributed by atoms with Crippen molar-refractivity contribution in [3.63, 3.8) is 0 Å². The molecule has 4 aliphatic rings. The van der Waals surface area contributed by atoms with Crippen LogP contribution in [0.4, 0.5) is 0 Å². The molecule has 0 radical (unpaired) electrons. The van der Waals surface area contributed by atoms with Crippen molar-refractivity contribution in [2.45, 2.75) is 105 Å². The third-order valence-corrected chi connectivity index (χ3v) is 13.9. The first-order valence-electron chi connectivity index (χ1n) is 14.7. The number of guanidine groups is 1. The van der Waals surface area contributed by atoms with Gasteiger partial charge in [-0.15, -0.1) is 0 Å². The van der Waals surface area contributed by atoms with Gasteiger partial charge in [-0.3, -0.25) is 5.41 Å². The van der Waals surface area contributed by atoms with E-state index in [9.17, 15) is 0 Å². The topological polar surface area (TPSA) is 61.9 Å². The largest absolute Gasteiger partial charge is 0.370 e. The SMILES string of the molecule is CC(C)CCCC(C)C1C=CC2C1(C)CCC1C3(C)CCC(SSCCNC(=N)N)CC3=CC[C@@]12C. The van der Waals surface area contributed by atoms with Gasteiger partial charge in [-0.05, 0) is 84.4 Å². The van der Waals surface area contributed by atoms with E-state index in [1.54, 1.807) is 5.57 Å². The minimum absolute atomic E-state index is 0.0806. The van der Waals surface area contributed by atoms with Crippen LogP contribution in [0.25, 0.3) is 0 Å². The molecule has 4 rings (SSSR count). The van der Waals surface area contributed by atoms with Crippen molar-refractivity contribution in [3.8, 4) is 0 Å². The van der Waals surface area contributed by atoms with E-state index in [0.29, 0.717) is 16.2 Å². The summed E-state index contributed by atoms with van der Waals surface area (Å²) in [5.74, 6) is 5.02. The molecule has 5 heteroatoms. The van der Waals surface area contributed by atoms with Crippen LogP contribution in [0.2, 0.25) is 0 Å². The van der Waals surface area contributed by atoms with Gasteiger partial charge in [-0.1, -0.05) is 106 Å². The summed E-state index contributed by atoms with van der Waals surface area (Å²) in [6, 6.07) is 0. The molecule has 0 aromatic carbocycles. The van der Waals surface area contributed by atoms with E-state index < -0.39 is 0 Å². The zero-order valence-corrected chi connectivity index (χ0v) is 25.5. The van der Waals surface area contributed by atoms with Gasteiger partial charge >= 0.3 is 0 Å². The van der Waals surface area contributed by atoms with Crippen LogP contribution >= 0.6 is 21.6 Å². The molecule has 0 heterocycles. The molecule has 204 valence electrons. The number of hydrogen-bond donors (Lipinski definition) is 3. The molecule has 0 aromatic heterocycles. The molecule has 3 nitrogen and oxygen atoms in total. The highest BCUT2D eigenvalue weighted by Gasteiger charge is 2.62. The summed E-state index contributed by atoms with van der Waals surface area (Å²) in [5, 5.41) is 11.0. The summed E-state index contributed by atoms with van der Waals surface area (Å²) in [4.78, 5) is 0. The Bertz CT molecular complexity index is 853. The lowest BCUT2D eigenvalue weighted by Crippen LogP contribution is -2.56. The van der Waals surface area contributed by atoms with Crippen molar-refractivity contribution >= 4 is 27.5 Å². The van der Waals surface area contributed by atoms with Crippen molar-refractivity contribution in [2.24, 2.45) is 51.6 Å². The third kappa shape index (κ3) is 5.44. The third-order valence-electron chi connectivity index (χ3n) is 10.9. The molecule has 2 fully saturated rings. The zero-order valence-electron chi connectivity index (χ0n) is 23.9. The van der Waals surface area contributed by atoms with E-state index in [1.165, 1.54) is 57.8 Å². The van der Waals surface area contributed by atoms with Crippen molar-refractivity contribution in [2.75, 3.05) is 12.3 Å². The summed E-state index contributed by atoms with van der Waals surface area (Å²) in [6.07, 6.45) is 20.3. The van der Waals surface area contributed by atoms with Crippen molar-refractivity contribution in [1.29, 1.82) is 5.41 Å². The fourth-order valence-electron chi connectivity index (χ4n) is 9.07. The van der Waals surface area contributed by atoms with Crippen molar-refractivity contribution < 1.29 is 0 Å². The van der Waals surface area contributed by atoms with Gasteiger partial charge in [-0.2, -0.15) is 0 Å². The quantitative estimate of drug-likeness (QED) is 0.0870. The maximum atomic E-state index is 7.31. The number of allylic oxidation sites excluding steroid dienone is 4. The average Bonchev–Trinajstić information content (AvgIpc) is 3.17. The van der Waals surface area contributed by atoms with Gasteiger partial charge in [0.25, 0.3) is 0 Å². The van der Waals surface area contributed by atoms with Crippen molar-refractivity contribution in [3.05, 3.63) is 23.8 Å². The average molecular weight is 532 g/mol. The Kier molecular flexibility index (Phi) is 8.92.